The summed E-state index contributed by atoms with van der Waals surface area (Å²) >= 11 is 0. The van der Waals surface area contributed by atoms with Crippen LogP contribution in [0.4, 0.5) is 0 Å². The lowest BCUT2D eigenvalue weighted by molar-refractivity contribution is 0.0593. The van der Waals surface area contributed by atoms with Gasteiger partial charge in [-0.2, -0.15) is 0 Å². The molecule has 0 amide bonds. The molecule has 1 heterocycles. The van der Waals surface area contributed by atoms with Crippen molar-refractivity contribution in [1.82, 2.24) is 14.7 Å². The first-order valence-electron chi connectivity index (χ1n) is 10.9. The third-order valence-corrected chi connectivity index (χ3v) is 5.64. The van der Waals surface area contributed by atoms with Crippen LogP contribution in [0.5, 0.6) is 0 Å². The number of rotatable bonds is 12. The number of piperazine rings is 1. The highest BCUT2D eigenvalue weighted by atomic mass is 16.5. The Morgan fingerprint density at radius 1 is 1.04 bits per heavy atom. The zero-order valence-electron chi connectivity index (χ0n) is 18.1. The van der Waals surface area contributed by atoms with Gasteiger partial charge < -0.3 is 9.64 Å². The van der Waals surface area contributed by atoms with Crippen molar-refractivity contribution in [3.8, 4) is 0 Å². The van der Waals surface area contributed by atoms with E-state index in [0.29, 0.717) is 6.04 Å². The molecule has 1 atom stereocenters. The van der Waals surface area contributed by atoms with Crippen LogP contribution >= 0.6 is 0 Å². The van der Waals surface area contributed by atoms with Gasteiger partial charge in [-0.05, 0) is 37.4 Å². The first-order chi connectivity index (χ1) is 13.1. The van der Waals surface area contributed by atoms with E-state index >= 15 is 0 Å². The fourth-order valence-electron chi connectivity index (χ4n) is 3.92. The molecular weight excluding hydrogens is 334 g/mol. The minimum atomic E-state index is 0.495. The van der Waals surface area contributed by atoms with Gasteiger partial charge in [0.05, 0.1) is 6.61 Å². The Morgan fingerprint density at radius 3 is 2.33 bits per heavy atom. The molecule has 0 radical (unpaired) electrons. The fourth-order valence-corrected chi connectivity index (χ4v) is 3.92. The quantitative estimate of drug-likeness (QED) is 0.554. The normalized spacial score (nSPS) is 17.7. The van der Waals surface area contributed by atoms with Crippen LogP contribution in [0, 0.1) is 5.92 Å². The summed E-state index contributed by atoms with van der Waals surface area (Å²) < 4.78 is 5.25. The lowest BCUT2D eigenvalue weighted by Gasteiger charge is -2.41. The number of methoxy groups -OCH3 is 1. The molecule has 0 spiro atoms. The third kappa shape index (κ3) is 7.90. The van der Waals surface area contributed by atoms with Gasteiger partial charge in [-0.3, -0.25) is 9.80 Å². The Kier molecular flexibility index (Phi) is 10.4. The molecule has 1 fully saturated rings. The van der Waals surface area contributed by atoms with Gasteiger partial charge in [0.25, 0.3) is 0 Å². The van der Waals surface area contributed by atoms with Crippen LogP contribution in [0.25, 0.3) is 0 Å². The lowest BCUT2D eigenvalue weighted by atomic mass is 10.0. The summed E-state index contributed by atoms with van der Waals surface area (Å²) in [6.07, 6.45) is 2.51. The van der Waals surface area contributed by atoms with Crippen molar-refractivity contribution in [3.05, 3.63) is 35.9 Å². The Bertz CT molecular complexity index is 486. The minimum Gasteiger partial charge on any atom is -0.383 e. The van der Waals surface area contributed by atoms with Crippen LogP contribution in [0.2, 0.25) is 0 Å². The first kappa shape index (κ1) is 22.4. The Labute approximate surface area is 167 Å². The van der Waals surface area contributed by atoms with Crippen molar-refractivity contribution < 1.29 is 4.74 Å². The monoisotopic (exact) mass is 375 g/mol. The summed E-state index contributed by atoms with van der Waals surface area (Å²) in [6.45, 7) is 17.0. The van der Waals surface area contributed by atoms with Gasteiger partial charge in [0.1, 0.15) is 0 Å². The Morgan fingerprint density at radius 2 is 1.74 bits per heavy atom. The van der Waals surface area contributed by atoms with Crippen LogP contribution in [0.15, 0.2) is 30.3 Å². The summed E-state index contributed by atoms with van der Waals surface area (Å²) in [6, 6.07) is 11.6. The summed E-state index contributed by atoms with van der Waals surface area (Å²) in [5.41, 5.74) is 1.47. The van der Waals surface area contributed by atoms with Gasteiger partial charge in [-0.15, -0.1) is 0 Å². The van der Waals surface area contributed by atoms with Crippen molar-refractivity contribution in [3.63, 3.8) is 0 Å². The SMILES string of the molecule is CCCN(CCC(C)C)CC(c1ccccc1)N1CCN(CCOC)CC1. The third-order valence-electron chi connectivity index (χ3n) is 5.64. The van der Waals surface area contributed by atoms with Crippen LogP contribution in [-0.2, 0) is 4.74 Å². The van der Waals surface area contributed by atoms with E-state index < -0.39 is 0 Å². The standard InChI is InChI=1S/C23H41N3O/c1-5-12-25(13-11-21(2)3)20-23(22-9-7-6-8-10-22)26-16-14-24(15-17-26)18-19-27-4/h6-10,21,23H,5,11-20H2,1-4H3. The largest absolute Gasteiger partial charge is 0.383 e. The summed E-state index contributed by atoms with van der Waals surface area (Å²) in [5.74, 6) is 0.767. The van der Waals surface area contributed by atoms with E-state index in [1.807, 2.05) is 0 Å². The summed E-state index contributed by atoms with van der Waals surface area (Å²) in [5, 5.41) is 0. The van der Waals surface area contributed by atoms with Gasteiger partial charge in [-0.1, -0.05) is 51.1 Å². The number of hydrogen-bond acceptors (Lipinski definition) is 4. The van der Waals surface area contributed by atoms with Crippen LogP contribution in [0.1, 0.15) is 45.2 Å². The molecule has 4 nitrogen and oxygen atoms in total. The maximum atomic E-state index is 5.25. The molecule has 1 aliphatic heterocycles. The summed E-state index contributed by atoms with van der Waals surface area (Å²) in [7, 11) is 1.79. The van der Waals surface area contributed by atoms with Gasteiger partial charge in [-0.25, -0.2) is 0 Å². The van der Waals surface area contributed by atoms with Crippen LogP contribution < -0.4 is 0 Å². The zero-order valence-corrected chi connectivity index (χ0v) is 18.1. The molecule has 0 bridgehead atoms. The smallest absolute Gasteiger partial charge is 0.0589 e. The van der Waals surface area contributed by atoms with E-state index in [0.717, 1.165) is 51.8 Å². The molecule has 1 saturated heterocycles. The molecule has 1 aliphatic rings. The predicted molar refractivity (Wildman–Crippen MR) is 115 cm³/mol. The van der Waals surface area contributed by atoms with Crippen molar-refractivity contribution in [2.24, 2.45) is 5.92 Å². The molecule has 0 N–H and O–H groups in total. The van der Waals surface area contributed by atoms with Crippen molar-refractivity contribution in [1.29, 1.82) is 0 Å². The summed E-state index contributed by atoms with van der Waals surface area (Å²) in [4.78, 5) is 7.93. The first-order valence-corrected chi connectivity index (χ1v) is 10.9. The van der Waals surface area contributed by atoms with Gasteiger partial charge in [0.15, 0.2) is 0 Å². The second kappa shape index (κ2) is 12.5. The number of nitrogens with zero attached hydrogens (tertiary/aromatic N) is 3. The topological polar surface area (TPSA) is 19.0 Å². The average Bonchev–Trinajstić information content (AvgIpc) is 2.69. The fraction of sp³-hybridized carbons (Fsp3) is 0.739. The Hall–Kier alpha value is -0.940. The maximum Gasteiger partial charge on any atom is 0.0589 e. The lowest BCUT2D eigenvalue weighted by Crippen LogP contribution is -2.50. The molecule has 4 heteroatoms. The molecule has 0 aromatic heterocycles. The van der Waals surface area contributed by atoms with Crippen LogP contribution in [0.3, 0.4) is 0 Å². The van der Waals surface area contributed by atoms with Crippen molar-refractivity contribution >= 4 is 0 Å². The molecule has 0 aliphatic carbocycles. The molecule has 1 aromatic rings. The molecule has 154 valence electrons. The van der Waals surface area contributed by atoms with E-state index in [9.17, 15) is 0 Å². The molecule has 1 aromatic carbocycles. The molecule has 27 heavy (non-hydrogen) atoms. The highest BCUT2D eigenvalue weighted by molar-refractivity contribution is 5.19. The van der Waals surface area contributed by atoms with E-state index in [1.165, 1.54) is 31.5 Å². The zero-order chi connectivity index (χ0) is 19.5. The van der Waals surface area contributed by atoms with Crippen molar-refractivity contribution in [2.75, 3.05) is 66.1 Å². The molecule has 1 unspecified atom stereocenters. The van der Waals surface area contributed by atoms with E-state index in [-0.39, 0.29) is 0 Å². The second-order valence-corrected chi connectivity index (χ2v) is 8.28. The maximum absolute atomic E-state index is 5.25. The van der Waals surface area contributed by atoms with Crippen LogP contribution in [-0.4, -0.2) is 80.8 Å². The number of benzene rings is 1. The Balaban J connectivity index is 2.03. The second-order valence-electron chi connectivity index (χ2n) is 8.28. The highest BCUT2D eigenvalue weighted by Gasteiger charge is 2.26. The molecular formula is C23H41N3O. The van der Waals surface area contributed by atoms with E-state index in [4.69, 9.17) is 4.74 Å². The molecule has 0 saturated carbocycles. The van der Waals surface area contributed by atoms with Gasteiger partial charge in [0, 0.05) is 52.4 Å². The number of ether oxygens (including phenoxy) is 1. The van der Waals surface area contributed by atoms with Crippen molar-refractivity contribution in [2.45, 2.75) is 39.7 Å². The molecule has 2 rings (SSSR count). The van der Waals surface area contributed by atoms with Gasteiger partial charge >= 0.3 is 0 Å². The average molecular weight is 376 g/mol. The van der Waals surface area contributed by atoms with E-state index in [2.05, 4.69) is 65.8 Å². The minimum absolute atomic E-state index is 0.495. The number of hydrogen-bond donors (Lipinski definition) is 0. The van der Waals surface area contributed by atoms with E-state index in [1.54, 1.807) is 7.11 Å². The highest BCUT2D eigenvalue weighted by Crippen LogP contribution is 2.24. The van der Waals surface area contributed by atoms with Gasteiger partial charge in [0.2, 0.25) is 0 Å². The predicted octanol–water partition coefficient (Wildman–Crippen LogP) is 3.75.